The molecule has 0 spiro atoms. The molecule has 0 fully saturated rings. The first-order valence-electron chi connectivity index (χ1n) is 6.69. The Hall–Kier alpha value is -2.74. The third-order valence-electron chi connectivity index (χ3n) is 3.33. The predicted molar refractivity (Wildman–Crippen MR) is 83.7 cm³/mol. The first kappa shape index (κ1) is 13.3. The fraction of sp³-hybridized carbons (Fsp3) is 0. The van der Waals surface area contributed by atoms with E-state index in [2.05, 4.69) is 0 Å². The Morgan fingerprint density at radius 1 is 0.857 bits per heavy atom. The molecule has 0 saturated heterocycles. The number of hydrogen-bond donors (Lipinski definition) is 0. The van der Waals surface area contributed by atoms with Crippen molar-refractivity contribution in [3.05, 3.63) is 89.8 Å². The van der Waals surface area contributed by atoms with Crippen molar-refractivity contribution in [3.63, 3.8) is 0 Å². The predicted octanol–water partition coefficient (Wildman–Crippen LogP) is 4.88. The highest BCUT2D eigenvalue weighted by Gasteiger charge is 2.02. The van der Waals surface area contributed by atoms with Gasteiger partial charge in [-0.1, -0.05) is 54.6 Å². The summed E-state index contributed by atoms with van der Waals surface area (Å²) < 4.78 is 12.8. The number of allylic oxidation sites excluding steroid dienone is 1. The Morgan fingerprint density at radius 2 is 1.57 bits per heavy atom. The zero-order valence-corrected chi connectivity index (χ0v) is 11.3. The molecular weight excluding hydrogens is 263 g/mol. The third-order valence-corrected chi connectivity index (χ3v) is 3.33. The lowest BCUT2D eigenvalue weighted by Crippen LogP contribution is -1.93. The lowest BCUT2D eigenvalue weighted by atomic mass is 10.0. The van der Waals surface area contributed by atoms with E-state index in [0.717, 1.165) is 16.3 Å². The second-order valence-electron chi connectivity index (χ2n) is 4.81. The average molecular weight is 276 g/mol. The number of ketones is 1. The second kappa shape index (κ2) is 5.71. The molecule has 0 aliphatic carbocycles. The molecule has 1 nitrogen and oxygen atoms in total. The fourth-order valence-corrected chi connectivity index (χ4v) is 2.18. The number of halogens is 1. The molecule has 0 amide bonds. The summed E-state index contributed by atoms with van der Waals surface area (Å²) in [6.45, 7) is 0. The van der Waals surface area contributed by atoms with Gasteiger partial charge in [0.2, 0.25) is 0 Å². The van der Waals surface area contributed by atoms with E-state index >= 15 is 0 Å². The Bertz CT molecular complexity index is 816. The van der Waals surface area contributed by atoms with E-state index < -0.39 is 0 Å². The highest BCUT2D eigenvalue weighted by atomic mass is 19.1. The molecule has 0 atom stereocenters. The van der Waals surface area contributed by atoms with Crippen molar-refractivity contribution >= 4 is 22.6 Å². The number of rotatable bonds is 3. The normalized spacial score (nSPS) is 11.1. The Kier molecular flexibility index (Phi) is 3.61. The average Bonchev–Trinajstić information content (AvgIpc) is 2.53. The third kappa shape index (κ3) is 3.06. The summed E-state index contributed by atoms with van der Waals surface area (Å²) >= 11 is 0. The Balaban J connectivity index is 1.84. The summed E-state index contributed by atoms with van der Waals surface area (Å²) in [5.41, 5.74) is 1.44. The van der Waals surface area contributed by atoms with Crippen LogP contribution in [0.15, 0.2) is 72.8 Å². The van der Waals surface area contributed by atoms with Gasteiger partial charge in [-0.2, -0.15) is 0 Å². The first-order chi connectivity index (χ1) is 10.2. The molecule has 0 aliphatic rings. The number of benzene rings is 3. The van der Waals surface area contributed by atoms with E-state index in [0.29, 0.717) is 5.56 Å². The fourth-order valence-electron chi connectivity index (χ4n) is 2.18. The van der Waals surface area contributed by atoms with Crippen LogP contribution in [0.5, 0.6) is 0 Å². The molecule has 3 aromatic carbocycles. The van der Waals surface area contributed by atoms with E-state index in [1.54, 1.807) is 18.2 Å². The van der Waals surface area contributed by atoms with E-state index in [1.165, 1.54) is 18.2 Å². The van der Waals surface area contributed by atoms with Gasteiger partial charge in [-0.25, -0.2) is 4.39 Å². The first-order valence-corrected chi connectivity index (χ1v) is 6.69. The maximum Gasteiger partial charge on any atom is 0.185 e. The van der Waals surface area contributed by atoms with Crippen LogP contribution in [0.1, 0.15) is 15.9 Å². The van der Waals surface area contributed by atoms with Crippen molar-refractivity contribution in [2.24, 2.45) is 0 Å². The number of hydrogen-bond acceptors (Lipinski definition) is 1. The monoisotopic (exact) mass is 276 g/mol. The van der Waals surface area contributed by atoms with Crippen LogP contribution in [0.3, 0.4) is 0 Å². The van der Waals surface area contributed by atoms with Gasteiger partial charge in [0, 0.05) is 5.56 Å². The molecule has 0 aliphatic heterocycles. The lowest BCUT2D eigenvalue weighted by molar-refractivity contribution is 0.104. The van der Waals surface area contributed by atoms with Crippen molar-refractivity contribution in [2.75, 3.05) is 0 Å². The summed E-state index contributed by atoms with van der Waals surface area (Å²) in [5, 5.41) is 2.15. The summed E-state index contributed by atoms with van der Waals surface area (Å²) in [6, 6.07) is 19.6. The quantitative estimate of drug-likeness (QED) is 0.492. The highest BCUT2D eigenvalue weighted by molar-refractivity contribution is 6.08. The minimum atomic E-state index is -0.284. The molecule has 3 rings (SSSR count). The molecule has 0 radical (unpaired) electrons. The largest absolute Gasteiger partial charge is 0.289 e. The molecule has 0 aromatic heterocycles. The maximum atomic E-state index is 12.8. The van der Waals surface area contributed by atoms with Gasteiger partial charge in [0.1, 0.15) is 5.82 Å². The molecule has 0 unspecified atom stereocenters. The minimum Gasteiger partial charge on any atom is -0.289 e. The van der Waals surface area contributed by atoms with Crippen LogP contribution in [0.2, 0.25) is 0 Å². The van der Waals surface area contributed by atoms with Gasteiger partial charge in [-0.05, 0) is 40.6 Å². The van der Waals surface area contributed by atoms with Gasteiger partial charge >= 0.3 is 0 Å². The van der Waals surface area contributed by atoms with Crippen molar-refractivity contribution in [1.29, 1.82) is 0 Å². The smallest absolute Gasteiger partial charge is 0.185 e. The summed E-state index contributed by atoms with van der Waals surface area (Å²) in [7, 11) is 0. The van der Waals surface area contributed by atoms with Crippen LogP contribution in [-0.4, -0.2) is 5.78 Å². The van der Waals surface area contributed by atoms with Crippen molar-refractivity contribution in [1.82, 2.24) is 0 Å². The molecule has 2 heteroatoms. The Morgan fingerprint density at radius 3 is 2.33 bits per heavy atom. The van der Waals surface area contributed by atoms with Gasteiger partial charge in [0.05, 0.1) is 0 Å². The Labute approximate surface area is 122 Å². The highest BCUT2D eigenvalue weighted by Crippen LogP contribution is 2.16. The summed E-state index contributed by atoms with van der Waals surface area (Å²) in [5.74, 6) is -0.349. The number of fused-ring (bicyclic) bond motifs is 1. The van der Waals surface area contributed by atoms with Crippen molar-refractivity contribution in [3.8, 4) is 0 Å². The van der Waals surface area contributed by atoms with E-state index in [-0.39, 0.29) is 11.6 Å². The molecule has 0 N–H and O–H groups in total. The summed E-state index contributed by atoms with van der Waals surface area (Å²) in [6.07, 6.45) is 3.20. The maximum absolute atomic E-state index is 12.8. The molecule has 21 heavy (non-hydrogen) atoms. The topological polar surface area (TPSA) is 17.1 Å². The van der Waals surface area contributed by atoms with Crippen LogP contribution < -0.4 is 0 Å². The van der Waals surface area contributed by atoms with Gasteiger partial charge in [0.25, 0.3) is 0 Å². The SMILES string of the molecule is O=C(C=Cc1ccc(F)cc1)c1ccc2ccccc2c1. The zero-order chi connectivity index (χ0) is 14.7. The number of carbonyl (C=O) groups is 1. The number of carbonyl (C=O) groups excluding carboxylic acids is 1. The van der Waals surface area contributed by atoms with Crippen LogP contribution in [0.25, 0.3) is 16.8 Å². The van der Waals surface area contributed by atoms with Crippen LogP contribution in [0, 0.1) is 5.82 Å². The zero-order valence-electron chi connectivity index (χ0n) is 11.3. The molecule has 0 bridgehead atoms. The van der Waals surface area contributed by atoms with Gasteiger partial charge in [0.15, 0.2) is 5.78 Å². The molecular formula is C19H13FO. The van der Waals surface area contributed by atoms with Crippen LogP contribution in [-0.2, 0) is 0 Å². The van der Waals surface area contributed by atoms with E-state index in [9.17, 15) is 9.18 Å². The summed E-state index contributed by atoms with van der Waals surface area (Å²) in [4.78, 5) is 12.2. The van der Waals surface area contributed by atoms with Crippen LogP contribution >= 0.6 is 0 Å². The molecule has 0 saturated carbocycles. The molecule has 102 valence electrons. The molecule has 3 aromatic rings. The van der Waals surface area contributed by atoms with E-state index in [1.807, 2.05) is 42.5 Å². The van der Waals surface area contributed by atoms with Crippen molar-refractivity contribution in [2.45, 2.75) is 0 Å². The van der Waals surface area contributed by atoms with Crippen molar-refractivity contribution < 1.29 is 9.18 Å². The molecule has 0 heterocycles. The lowest BCUT2D eigenvalue weighted by Gasteiger charge is -2.00. The van der Waals surface area contributed by atoms with Gasteiger partial charge in [-0.3, -0.25) is 4.79 Å². The minimum absolute atomic E-state index is 0.0647. The van der Waals surface area contributed by atoms with Gasteiger partial charge < -0.3 is 0 Å². The van der Waals surface area contributed by atoms with Crippen LogP contribution in [0.4, 0.5) is 4.39 Å². The van der Waals surface area contributed by atoms with Gasteiger partial charge in [-0.15, -0.1) is 0 Å². The second-order valence-corrected chi connectivity index (χ2v) is 4.81. The standard InChI is InChI=1S/C19H13FO/c20-18-10-5-14(6-11-18)7-12-19(21)17-9-8-15-3-1-2-4-16(15)13-17/h1-13H. The van der Waals surface area contributed by atoms with E-state index in [4.69, 9.17) is 0 Å².